The van der Waals surface area contributed by atoms with Crippen LogP contribution in [0.2, 0.25) is 0 Å². The van der Waals surface area contributed by atoms with Gasteiger partial charge in [0.2, 0.25) is 0 Å². The maximum Gasteiger partial charge on any atom is 2.00 e. The van der Waals surface area contributed by atoms with Gasteiger partial charge in [0.05, 0.1) is 23.3 Å². The molecule has 0 radical (unpaired) electrons. The quantitative estimate of drug-likeness (QED) is 0.171. The summed E-state index contributed by atoms with van der Waals surface area (Å²) in [6.45, 7) is 1.72. The number of hydrogen-bond acceptors (Lipinski definition) is 3. The fourth-order valence-corrected chi connectivity index (χ4v) is 5.94. The maximum atomic E-state index is 14.1. The number of nitrogens with zero attached hydrogens (tertiary/aromatic N) is 3. The second-order valence-corrected chi connectivity index (χ2v) is 10.3. The van der Waals surface area contributed by atoms with E-state index in [4.69, 9.17) is 9.97 Å². The summed E-state index contributed by atoms with van der Waals surface area (Å²) in [7, 11) is 0. The molecule has 0 bridgehead atoms. The van der Waals surface area contributed by atoms with Gasteiger partial charge in [0.15, 0.2) is 0 Å². The number of benzene rings is 4. The first-order chi connectivity index (χ1) is 20.5. The third-order valence-corrected chi connectivity index (χ3v) is 7.88. The second-order valence-electron chi connectivity index (χ2n) is 10.3. The average Bonchev–Trinajstić information content (AvgIpc) is 3.34. The van der Waals surface area contributed by atoms with E-state index in [1.165, 1.54) is 18.2 Å². The monoisotopic (exact) mass is 740 g/mol. The summed E-state index contributed by atoms with van der Waals surface area (Å²) >= 11 is 0. The minimum absolute atomic E-state index is 0. The second kappa shape index (κ2) is 11.1. The molecular formula is C37H21F2N3Pt. The van der Waals surface area contributed by atoms with Gasteiger partial charge < -0.3 is 0 Å². The molecule has 3 nitrogen and oxygen atoms in total. The van der Waals surface area contributed by atoms with Crippen LogP contribution < -0.4 is 0 Å². The third-order valence-electron chi connectivity index (χ3n) is 7.88. The van der Waals surface area contributed by atoms with E-state index in [1.807, 2.05) is 66.7 Å². The molecule has 0 fully saturated rings. The predicted octanol–water partition coefficient (Wildman–Crippen LogP) is 8.23. The smallest absolute Gasteiger partial charge is 0.300 e. The number of pyridine rings is 2. The molecule has 7 rings (SSSR count). The summed E-state index contributed by atoms with van der Waals surface area (Å²) in [5.74, 6) is -0.940. The van der Waals surface area contributed by atoms with E-state index in [-0.39, 0.29) is 32.4 Å². The van der Waals surface area contributed by atoms with Gasteiger partial charge >= 0.3 is 21.1 Å². The van der Waals surface area contributed by atoms with Crippen molar-refractivity contribution < 1.29 is 29.8 Å². The van der Waals surface area contributed by atoms with Crippen LogP contribution in [0, 0.1) is 42.0 Å². The SMILES string of the molecule is Cc1cc(-c2cccc(C3(c4cccc(-c5[c-]cc(F)c(C#N)c5)n4)c4ccccc4-c4ccccc43)n2)[c-]cc1F.[Pt+2]. The van der Waals surface area contributed by atoms with Crippen molar-refractivity contribution in [2.24, 2.45) is 0 Å². The van der Waals surface area contributed by atoms with Crippen LogP contribution in [0.3, 0.4) is 0 Å². The van der Waals surface area contributed by atoms with Gasteiger partial charge in [-0.05, 0) is 45.8 Å². The normalized spacial score (nSPS) is 12.5. The van der Waals surface area contributed by atoms with Crippen molar-refractivity contribution in [1.29, 1.82) is 5.26 Å². The first kappa shape index (κ1) is 28.3. The zero-order valence-electron chi connectivity index (χ0n) is 22.8. The number of hydrogen-bond donors (Lipinski definition) is 0. The van der Waals surface area contributed by atoms with Crippen molar-refractivity contribution in [2.45, 2.75) is 12.3 Å². The van der Waals surface area contributed by atoms with E-state index >= 15 is 0 Å². The molecule has 0 spiro atoms. The van der Waals surface area contributed by atoms with E-state index in [0.717, 1.165) is 33.6 Å². The Morgan fingerprint density at radius 1 is 0.674 bits per heavy atom. The van der Waals surface area contributed by atoms with Gasteiger partial charge in [-0.25, -0.2) is 0 Å². The molecule has 2 heterocycles. The largest absolute Gasteiger partial charge is 2.00 e. The molecule has 0 N–H and O–H groups in total. The Bertz CT molecular complexity index is 2020. The average molecular weight is 741 g/mol. The number of fused-ring (bicyclic) bond motifs is 3. The van der Waals surface area contributed by atoms with Gasteiger partial charge in [0, 0.05) is 11.4 Å². The first-order valence-corrected chi connectivity index (χ1v) is 13.4. The van der Waals surface area contributed by atoms with Crippen LogP contribution in [0.25, 0.3) is 33.6 Å². The number of rotatable bonds is 4. The van der Waals surface area contributed by atoms with Gasteiger partial charge in [-0.2, -0.15) is 5.26 Å². The summed E-state index contributed by atoms with van der Waals surface area (Å²) in [5.41, 5.74) is 7.67. The molecular weight excluding hydrogens is 720 g/mol. The molecule has 0 aliphatic heterocycles. The Morgan fingerprint density at radius 2 is 1.19 bits per heavy atom. The minimum atomic E-state index is -0.896. The number of aryl methyl sites for hydroxylation is 1. The molecule has 6 heteroatoms. The molecule has 0 saturated heterocycles. The summed E-state index contributed by atoms with van der Waals surface area (Å²) in [5, 5.41) is 9.42. The number of nitriles is 1. The molecule has 1 aliphatic carbocycles. The molecule has 0 amide bonds. The minimum Gasteiger partial charge on any atom is -0.300 e. The molecule has 1 aliphatic rings. The maximum absolute atomic E-state index is 14.1. The van der Waals surface area contributed by atoms with Crippen LogP contribution in [0.15, 0.2) is 109 Å². The van der Waals surface area contributed by atoms with Gasteiger partial charge in [0.1, 0.15) is 5.41 Å². The first-order valence-electron chi connectivity index (χ1n) is 13.4. The summed E-state index contributed by atoms with van der Waals surface area (Å²) in [6, 6.07) is 41.6. The van der Waals surface area contributed by atoms with Crippen LogP contribution in [0.5, 0.6) is 0 Å². The number of halogens is 2. The van der Waals surface area contributed by atoms with E-state index < -0.39 is 11.2 Å². The summed E-state index contributed by atoms with van der Waals surface area (Å²) < 4.78 is 28.2. The van der Waals surface area contributed by atoms with Crippen molar-refractivity contribution in [3.8, 4) is 39.7 Å². The summed E-state index contributed by atoms with van der Waals surface area (Å²) in [6.07, 6.45) is 0. The van der Waals surface area contributed by atoms with Crippen molar-refractivity contribution in [3.05, 3.63) is 167 Å². The Labute approximate surface area is 262 Å². The van der Waals surface area contributed by atoms with Crippen LogP contribution in [-0.4, -0.2) is 9.97 Å². The summed E-state index contributed by atoms with van der Waals surface area (Å²) in [4.78, 5) is 10.3. The predicted molar refractivity (Wildman–Crippen MR) is 157 cm³/mol. The van der Waals surface area contributed by atoms with E-state index in [9.17, 15) is 14.0 Å². The standard InChI is InChI=1S/C37H21F2N3.Pt/c1-23-20-24(16-18-31(23)38)33-12-6-14-35(41-33)37(29-10-4-2-8-27(29)28-9-3-5-11-30(28)37)36-15-7-13-34(42-36)25-17-19-32(39)26(21-25)22-40;/h2-15,18-21H,1H3;/q-2;+2. The van der Waals surface area contributed by atoms with Crippen LogP contribution in [0.1, 0.15) is 33.6 Å². The van der Waals surface area contributed by atoms with Crippen LogP contribution in [-0.2, 0) is 26.5 Å². The van der Waals surface area contributed by atoms with Crippen molar-refractivity contribution >= 4 is 0 Å². The van der Waals surface area contributed by atoms with Crippen LogP contribution >= 0.6 is 0 Å². The molecule has 0 saturated carbocycles. The van der Waals surface area contributed by atoms with Crippen molar-refractivity contribution in [3.63, 3.8) is 0 Å². The Hall–Kier alpha value is -4.78. The molecule has 0 unspecified atom stereocenters. The van der Waals surface area contributed by atoms with E-state index in [0.29, 0.717) is 28.1 Å². The van der Waals surface area contributed by atoms with E-state index in [1.54, 1.807) is 13.0 Å². The molecule has 6 aromatic rings. The van der Waals surface area contributed by atoms with Gasteiger partial charge in [-0.1, -0.05) is 85.3 Å². The Balaban J connectivity index is 0.00000329. The Kier molecular flexibility index (Phi) is 7.34. The van der Waals surface area contributed by atoms with E-state index in [2.05, 4.69) is 36.4 Å². The Morgan fingerprint density at radius 3 is 1.72 bits per heavy atom. The third kappa shape index (κ3) is 4.51. The van der Waals surface area contributed by atoms with Crippen LogP contribution in [0.4, 0.5) is 8.78 Å². The van der Waals surface area contributed by atoms with Gasteiger partial charge in [-0.3, -0.25) is 18.7 Å². The number of aromatic nitrogens is 2. The van der Waals surface area contributed by atoms with Crippen molar-refractivity contribution in [2.75, 3.05) is 0 Å². The van der Waals surface area contributed by atoms with Gasteiger partial charge in [0.25, 0.3) is 0 Å². The molecule has 43 heavy (non-hydrogen) atoms. The molecule has 2 aromatic heterocycles. The molecule has 0 atom stereocenters. The zero-order chi connectivity index (χ0) is 28.8. The fraction of sp³-hybridized carbons (Fsp3) is 0.0541. The molecule has 4 aromatic carbocycles. The fourth-order valence-electron chi connectivity index (χ4n) is 5.94. The van der Waals surface area contributed by atoms with Crippen molar-refractivity contribution in [1.82, 2.24) is 9.97 Å². The van der Waals surface area contributed by atoms with Gasteiger partial charge in [-0.15, -0.1) is 47.5 Å². The zero-order valence-corrected chi connectivity index (χ0v) is 25.1. The molecule has 208 valence electrons. The topological polar surface area (TPSA) is 49.6 Å².